The Kier molecular flexibility index (Phi) is 7.26. The highest BCUT2D eigenvalue weighted by molar-refractivity contribution is 5.68. The maximum atomic E-state index is 13.5. The SMILES string of the molecule is COC(=O)N1CCC[C@H](c2[nH]ncc2C(F)(F)F)[C@@H]1COC1CCC(c2ccccc2)CC1. The van der Waals surface area contributed by atoms with Crippen molar-refractivity contribution in [1.29, 1.82) is 0 Å². The zero-order chi connectivity index (χ0) is 23.4. The molecule has 1 aromatic heterocycles. The molecule has 2 heterocycles. The molecule has 4 rings (SSSR count). The van der Waals surface area contributed by atoms with Crippen LogP contribution in [-0.4, -0.2) is 53.6 Å². The first kappa shape index (κ1) is 23.6. The summed E-state index contributed by atoms with van der Waals surface area (Å²) in [6.07, 6.45) is 0.629. The quantitative estimate of drug-likeness (QED) is 0.635. The Morgan fingerprint density at radius 3 is 2.55 bits per heavy atom. The smallest absolute Gasteiger partial charge is 0.419 e. The van der Waals surface area contributed by atoms with E-state index in [1.807, 2.05) is 18.2 Å². The largest absolute Gasteiger partial charge is 0.453 e. The van der Waals surface area contributed by atoms with Crippen molar-refractivity contribution in [3.63, 3.8) is 0 Å². The van der Waals surface area contributed by atoms with Gasteiger partial charge in [0.1, 0.15) is 0 Å². The summed E-state index contributed by atoms with van der Waals surface area (Å²) in [5.74, 6) is -0.0583. The minimum atomic E-state index is -4.52. The molecule has 9 heteroatoms. The van der Waals surface area contributed by atoms with Gasteiger partial charge in [0.25, 0.3) is 0 Å². The van der Waals surface area contributed by atoms with Gasteiger partial charge in [0.2, 0.25) is 0 Å². The number of halogens is 3. The van der Waals surface area contributed by atoms with Crippen LogP contribution in [0, 0.1) is 0 Å². The van der Waals surface area contributed by atoms with Crippen LogP contribution < -0.4 is 0 Å². The van der Waals surface area contributed by atoms with E-state index in [0.29, 0.717) is 25.3 Å². The van der Waals surface area contributed by atoms with E-state index in [9.17, 15) is 18.0 Å². The predicted molar refractivity (Wildman–Crippen MR) is 116 cm³/mol. The summed E-state index contributed by atoms with van der Waals surface area (Å²) in [6.45, 7) is 0.587. The Bertz CT molecular complexity index is 910. The average molecular weight is 466 g/mol. The van der Waals surface area contributed by atoms with Gasteiger partial charge >= 0.3 is 12.3 Å². The standard InChI is InChI=1S/C24H30F3N3O3/c1-32-23(31)30-13-5-8-19(22-20(14-28-29-22)24(25,26)27)21(30)15-33-18-11-9-17(10-12-18)16-6-3-2-4-7-16/h2-4,6-7,14,17-19,21H,5,8-13,15H2,1H3,(H,28,29)/t17?,18?,19-,21-/m0/s1. The number of piperidine rings is 1. The molecular formula is C24H30F3N3O3. The molecule has 1 aliphatic heterocycles. The maximum Gasteiger partial charge on any atom is 0.419 e. The van der Waals surface area contributed by atoms with E-state index in [2.05, 4.69) is 22.3 Å². The number of alkyl halides is 3. The molecule has 0 bridgehead atoms. The number of nitrogens with zero attached hydrogens (tertiary/aromatic N) is 2. The Hall–Kier alpha value is -2.55. The van der Waals surface area contributed by atoms with Crippen LogP contribution in [0.15, 0.2) is 36.5 Å². The first-order chi connectivity index (χ1) is 15.9. The van der Waals surface area contributed by atoms with Crippen LogP contribution in [0.5, 0.6) is 0 Å². The molecule has 2 fully saturated rings. The lowest BCUT2D eigenvalue weighted by Gasteiger charge is -2.41. The second-order valence-electron chi connectivity index (χ2n) is 8.89. The normalized spacial score (nSPS) is 26.2. The molecule has 6 nitrogen and oxygen atoms in total. The van der Waals surface area contributed by atoms with Crippen molar-refractivity contribution in [2.24, 2.45) is 0 Å². The van der Waals surface area contributed by atoms with Crippen LogP contribution in [0.25, 0.3) is 0 Å². The van der Waals surface area contributed by atoms with Gasteiger partial charge in [0.05, 0.1) is 43.3 Å². The first-order valence-corrected chi connectivity index (χ1v) is 11.5. The first-order valence-electron chi connectivity index (χ1n) is 11.5. The molecular weight excluding hydrogens is 435 g/mol. The molecule has 1 aromatic carbocycles. The van der Waals surface area contributed by atoms with Gasteiger partial charge in [-0.2, -0.15) is 18.3 Å². The van der Waals surface area contributed by atoms with Gasteiger partial charge in [-0.05, 0) is 50.0 Å². The Morgan fingerprint density at radius 2 is 1.88 bits per heavy atom. The fourth-order valence-corrected chi connectivity index (χ4v) is 5.27. The summed E-state index contributed by atoms with van der Waals surface area (Å²) in [6, 6.07) is 9.85. The molecule has 1 N–H and O–H groups in total. The minimum Gasteiger partial charge on any atom is -0.453 e. The van der Waals surface area contributed by atoms with Crippen LogP contribution in [0.1, 0.15) is 67.2 Å². The van der Waals surface area contributed by atoms with Crippen LogP contribution in [-0.2, 0) is 15.7 Å². The average Bonchev–Trinajstić information content (AvgIpc) is 3.33. The number of hydrogen-bond donors (Lipinski definition) is 1. The molecule has 1 saturated carbocycles. The van der Waals surface area contributed by atoms with Gasteiger partial charge in [-0.25, -0.2) is 4.79 Å². The summed E-state index contributed by atoms with van der Waals surface area (Å²) in [7, 11) is 1.28. The van der Waals surface area contributed by atoms with E-state index in [4.69, 9.17) is 9.47 Å². The highest BCUT2D eigenvalue weighted by Crippen LogP contribution is 2.40. The van der Waals surface area contributed by atoms with E-state index in [0.717, 1.165) is 31.9 Å². The predicted octanol–water partition coefficient (Wildman–Crippen LogP) is 5.49. The van der Waals surface area contributed by atoms with Crippen molar-refractivity contribution in [3.8, 4) is 0 Å². The number of benzene rings is 1. The van der Waals surface area contributed by atoms with Gasteiger partial charge in [0.15, 0.2) is 0 Å². The topological polar surface area (TPSA) is 67.5 Å². The van der Waals surface area contributed by atoms with Gasteiger partial charge < -0.3 is 14.4 Å². The Morgan fingerprint density at radius 1 is 1.15 bits per heavy atom. The van der Waals surface area contributed by atoms with Gasteiger partial charge in [-0.1, -0.05) is 30.3 Å². The number of aromatic nitrogens is 2. The number of carbonyl (C=O) groups excluding carboxylic acids is 1. The van der Waals surface area contributed by atoms with Gasteiger partial charge in [0, 0.05) is 12.5 Å². The van der Waals surface area contributed by atoms with E-state index in [-0.39, 0.29) is 18.4 Å². The third kappa shape index (κ3) is 5.34. The van der Waals surface area contributed by atoms with Crippen molar-refractivity contribution in [3.05, 3.63) is 53.3 Å². The van der Waals surface area contributed by atoms with Gasteiger partial charge in [-0.15, -0.1) is 0 Å². The van der Waals surface area contributed by atoms with E-state index in [1.54, 1.807) is 0 Å². The number of nitrogens with one attached hydrogen (secondary N) is 1. The summed E-state index contributed by atoms with van der Waals surface area (Å²) >= 11 is 0. The number of H-pyrrole nitrogens is 1. The van der Waals surface area contributed by atoms with Crippen LogP contribution >= 0.6 is 0 Å². The molecule has 33 heavy (non-hydrogen) atoms. The number of likely N-dealkylation sites (tertiary alicyclic amines) is 1. The number of amides is 1. The molecule has 1 amide bonds. The zero-order valence-corrected chi connectivity index (χ0v) is 18.7. The number of rotatable bonds is 5. The van der Waals surface area contributed by atoms with E-state index in [1.165, 1.54) is 17.6 Å². The number of hydrogen-bond acceptors (Lipinski definition) is 4. The molecule has 0 unspecified atom stereocenters. The number of methoxy groups -OCH3 is 1. The summed E-state index contributed by atoms with van der Waals surface area (Å²) < 4.78 is 51.8. The van der Waals surface area contributed by atoms with Crippen molar-refractivity contribution in [2.45, 2.75) is 68.7 Å². The van der Waals surface area contributed by atoms with Crippen LogP contribution in [0.2, 0.25) is 0 Å². The van der Waals surface area contributed by atoms with Gasteiger partial charge in [-0.3, -0.25) is 5.10 Å². The minimum absolute atomic E-state index is 0.0116. The molecule has 1 aliphatic carbocycles. The highest BCUT2D eigenvalue weighted by atomic mass is 19.4. The van der Waals surface area contributed by atoms with Crippen LogP contribution in [0.4, 0.5) is 18.0 Å². The molecule has 180 valence electrons. The lowest BCUT2D eigenvalue weighted by atomic mass is 9.82. The third-order valence-electron chi connectivity index (χ3n) is 6.98. The Balaban J connectivity index is 1.45. The fraction of sp³-hybridized carbons (Fsp3) is 0.583. The third-order valence-corrected chi connectivity index (χ3v) is 6.98. The second kappa shape index (κ2) is 10.2. The second-order valence-corrected chi connectivity index (χ2v) is 8.89. The molecule has 2 aliphatic rings. The molecule has 2 atom stereocenters. The summed E-state index contributed by atoms with van der Waals surface area (Å²) in [5, 5.41) is 6.20. The summed E-state index contributed by atoms with van der Waals surface area (Å²) in [5.41, 5.74) is 0.559. The van der Waals surface area contributed by atoms with Crippen molar-refractivity contribution in [2.75, 3.05) is 20.3 Å². The van der Waals surface area contributed by atoms with E-state index < -0.39 is 29.8 Å². The lowest BCUT2D eigenvalue weighted by molar-refractivity contribution is -0.138. The maximum absolute atomic E-state index is 13.5. The number of ether oxygens (including phenoxy) is 2. The number of carbonyl (C=O) groups is 1. The van der Waals surface area contributed by atoms with Crippen molar-refractivity contribution >= 4 is 6.09 Å². The van der Waals surface area contributed by atoms with Crippen molar-refractivity contribution < 1.29 is 27.4 Å². The highest BCUT2D eigenvalue weighted by Gasteiger charge is 2.43. The Labute approximate surface area is 191 Å². The lowest BCUT2D eigenvalue weighted by Crippen LogP contribution is -2.50. The molecule has 2 aromatic rings. The van der Waals surface area contributed by atoms with Crippen LogP contribution in [0.3, 0.4) is 0 Å². The fourth-order valence-electron chi connectivity index (χ4n) is 5.27. The molecule has 1 saturated heterocycles. The molecule has 0 radical (unpaired) electrons. The zero-order valence-electron chi connectivity index (χ0n) is 18.7. The van der Waals surface area contributed by atoms with Crippen molar-refractivity contribution in [1.82, 2.24) is 15.1 Å². The summed E-state index contributed by atoms with van der Waals surface area (Å²) in [4.78, 5) is 13.9. The molecule has 0 spiro atoms. The monoisotopic (exact) mass is 465 g/mol. The van der Waals surface area contributed by atoms with E-state index >= 15 is 0 Å². The number of aromatic amines is 1.